The first-order valence-electron chi connectivity index (χ1n) is 8.51. The van der Waals surface area contributed by atoms with Crippen LogP contribution in [0.25, 0.3) is 0 Å². The molecular formula is C18H24N2O3. The van der Waals surface area contributed by atoms with Crippen LogP contribution in [0.5, 0.6) is 0 Å². The van der Waals surface area contributed by atoms with Gasteiger partial charge in [-0.2, -0.15) is 0 Å². The number of esters is 1. The SMILES string of the molecule is CCOC(=O)CNC(=O)CNc1c2c(cc3c1CCC3)CCC2. The molecule has 2 aliphatic carbocycles. The number of anilines is 1. The van der Waals surface area contributed by atoms with Crippen molar-refractivity contribution in [3.8, 4) is 0 Å². The summed E-state index contributed by atoms with van der Waals surface area (Å²) in [5.74, 6) is -0.581. The number of ether oxygens (including phenoxy) is 1. The Morgan fingerprint density at radius 3 is 2.30 bits per heavy atom. The van der Waals surface area contributed by atoms with Crippen LogP contribution in [0.1, 0.15) is 42.0 Å². The van der Waals surface area contributed by atoms with Gasteiger partial charge in [-0.1, -0.05) is 6.07 Å². The van der Waals surface area contributed by atoms with Crippen molar-refractivity contribution in [3.05, 3.63) is 28.3 Å². The van der Waals surface area contributed by atoms with Gasteiger partial charge in [0.1, 0.15) is 6.54 Å². The molecule has 5 heteroatoms. The molecule has 23 heavy (non-hydrogen) atoms. The van der Waals surface area contributed by atoms with Gasteiger partial charge in [-0.15, -0.1) is 0 Å². The third-order valence-electron chi connectivity index (χ3n) is 4.63. The van der Waals surface area contributed by atoms with E-state index in [9.17, 15) is 9.59 Å². The number of hydrogen-bond acceptors (Lipinski definition) is 4. The van der Waals surface area contributed by atoms with Gasteiger partial charge in [-0.25, -0.2) is 0 Å². The van der Waals surface area contributed by atoms with Crippen LogP contribution in [-0.2, 0) is 40.0 Å². The molecule has 0 radical (unpaired) electrons. The summed E-state index contributed by atoms with van der Waals surface area (Å²) >= 11 is 0. The van der Waals surface area contributed by atoms with Gasteiger partial charge in [0.05, 0.1) is 13.2 Å². The summed E-state index contributed by atoms with van der Waals surface area (Å²) < 4.78 is 4.80. The molecule has 0 saturated carbocycles. The predicted molar refractivity (Wildman–Crippen MR) is 88.6 cm³/mol. The van der Waals surface area contributed by atoms with Crippen LogP contribution in [-0.4, -0.2) is 31.6 Å². The Balaban J connectivity index is 1.63. The molecule has 3 rings (SSSR count). The van der Waals surface area contributed by atoms with Gasteiger partial charge < -0.3 is 15.4 Å². The average molecular weight is 316 g/mol. The standard InChI is InChI=1S/C18H24N2O3/c1-2-23-17(22)11-19-16(21)10-20-18-14-7-3-5-12(14)9-13-6-4-8-15(13)18/h9,20H,2-8,10-11H2,1H3,(H,19,21). The van der Waals surface area contributed by atoms with E-state index in [2.05, 4.69) is 16.7 Å². The number of nitrogens with one attached hydrogen (secondary N) is 2. The van der Waals surface area contributed by atoms with Crippen LogP contribution in [0.15, 0.2) is 6.07 Å². The molecule has 0 bridgehead atoms. The second-order valence-electron chi connectivity index (χ2n) is 6.17. The summed E-state index contributed by atoms with van der Waals surface area (Å²) in [5.41, 5.74) is 6.85. The highest BCUT2D eigenvalue weighted by Crippen LogP contribution is 2.38. The molecule has 124 valence electrons. The van der Waals surface area contributed by atoms with Crippen molar-refractivity contribution in [1.29, 1.82) is 0 Å². The summed E-state index contributed by atoms with van der Waals surface area (Å²) in [6, 6.07) is 2.37. The lowest BCUT2D eigenvalue weighted by Crippen LogP contribution is -2.35. The molecular weight excluding hydrogens is 292 g/mol. The van der Waals surface area contributed by atoms with Gasteiger partial charge in [0.15, 0.2) is 0 Å². The Morgan fingerprint density at radius 2 is 1.70 bits per heavy atom. The molecule has 0 unspecified atom stereocenters. The molecule has 1 amide bonds. The number of carbonyl (C=O) groups is 2. The summed E-state index contributed by atoms with van der Waals surface area (Å²) in [4.78, 5) is 23.2. The lowest BCUT2D eigenvalue weighted by atomic mass is 9.98. The zero-order valence-electron chi connectivity index (χ0n) is 13.7. The first kappa shape index (κ1) is 15.8. The quantitative estimate of drug-likeness (QED) is 0.785. The average Bonchev–Trinajstić information content (AvgIpc) is 3.18. The number of aryl methyl sites for hydroxylation is 2. The minimum Gasteiger partial charge on any atom is -0.465 e. The Hall–Kier alpha value is -2.04. The molecule has 0 aliphatic heterocycles. The van der Waals surface area contributed by atoms with Crippen molar-refractivity contribution in [3.63, 3.8) is 0 Å². The van der Waals surface area contributed by atoms with Crippen LogP contribution in [0.4, 0.5) is 5.69 Å². The maximum atomic E-state index is 11.9. The fourth-order valence-corrected chi connectivity index (χ4v) is 3.64. The van der Waals surface area contributed by atoms with E-state index in [4.69, 9.17) is 4.74 Å². The fourth-order valence-electron chi connectivity index (χ4n) is 3.64. The first-order valence-corrected chi connectivity index (χ1v) is 8.51. The van der Waals surface area contributed by atoms with Crippen LogP contribution < -0.4 is 10.6 Å². The number of amides is 1. The van der Waals surface area contributed by atoms with E-state index in [1.54, 1.807) is 6.92 Å². The Labute approximate surface area is 136 Å². The normalized spacial score (nSPS) is 15.0. The number of carbonyl (C=O) groups excluding carboxylic acids is 2. The fraction of sp³-hybridized carbons (Fsp3) is 0.556. The number of rotatable bonds is 6. The Kier molecular flexibility index (Phi) is 4.84. The minimum atomic E-state index is -0.401. The zero-order valence-corrected chi connectivity index (χ0v) is 13.7. The zero-order chi connectivity index (χ0) is 16.2. The Bertz CT molecular complexity index is 593. The highest BCUT2D eigenvalue weighted by atomic mass is 16.5. The van der Waals surface area contributed by atoms with Crippen molar-refractivity contribution in [1.82, 2.24) is 5.32 Å². The van der Waals surface area contributed by atoms with Crippen molar-refractivity contribution in [2.45, 2.75) is 45.4 Å². The summed E-state index contributed by atoms with van der Waals surface area (Å²) in [7, 11) is 0. The largest absolute Gasteiger partial charge is 0.465 e. The smallest absolute Gasteiger partial charge is 0.325 e. The lowest BCUT2D eigenvalue weighted by molar-refractivity contribution is -0.143. The Morgan fingerprint density at radius 1 is 1.04 bits per heavy atom. The molecule has 1 aromatic rings. The minimum absolute atomic E-state index is 0.0701. The molecule has 1 aromatic carbocycles. The molecule has 2 aliphatic rings. The summed E-state index contributed by atoms with van der Waals surface area (Å²) in [6.07, 6.45) is 6.87. The third-order valence-corrected chi connectivity index (χ3v) is 4.63. The first-order chi connectivity index (χ1) is 11.2. The second-order valence-corrected chi connectivity index (χ2v) is 6.17. The van der Waals surface area contributed by atoms with Crippen LogP contribution in [0.3, 0.4) is 0 Å². The topological polar surface area (TPSA) is 67.4 Å². The van der Waals surface area contributed by atoms with Crippen LogP contribution >= 0.6 is 0 Å². The van der Waals surface area contributed by atoms with Gasteiger partial charge in [0, 0.05) is 5.69 Å². The van der Waals surface area contributed by atoms with E-state index in [-0.39, 0.29) is 19.0 Å². The van der Waals surface area contributed by atoms with Crippen LogP contribution in [0, 0.1) is 0 Å². The van der Waals surface area contributed by atoms with Crippen molar-refractivity contribution in [2.75, 3.05) is 25.0 Å². The second kappa shape index (κ2) is 7.02. The van der Waals surface area contributed by atoms with E-state index < -0.39 is 5.97 Å². The molecule has 0 saturated heterocycles. The van der Waals surface area contributed by atoms with Crippen molar-refractivity contribution < 1.29 is 14.3 Å². The lowest BCUT2D eigenvalue weighted by Gasteiger charge is -2.16. The van der Waals surface area contributed by atoms with E-state index in [0.717, 1.165) is 25.7 Å². The summed E-state index contributed by atoms with van der Waals surface area (Å²) in [5, 5.41) is 5.93. The third kappa shape index (κ3) is 3.49. The van der Waals surface area contributed by atoms with Gasteiger partial charge in [-0.3, -0.25) is 9.59 Å². The number of fused-ring (bicyclic) bond motifs is 2. The van der Waals surface area contributed by atoms with E-state index in [1.165, 1.54) is 40.8 Å². The van der Waals surface area contributed by atoms with E-state index in [1.807, 2.05) is 0 Å². The number of hydrogen-bond donors (Lipinski definition) is 2. The van der Waals surface area contributed by atoms with Crippen LogP contribution in [0.2, 0.25) is 0 Å². The van der Waals surface area contributed by atoms with Gasteiger partial charge in [-0.05, 0) is 67.7 Å². The molecule has 0 spiro atoms. The predicted octanol–water partition coefficient (Wildman–Crippen LogP) is 1.76. The van der Waals surface area contributed by atoms with E-state index >= 15 is 0 Å². The van der Waals surface area contributed by atoms with E-state index in [0.29, 0.717) is 6.61 Å². The van der Waals surface area contributed by atoms with Gasteiger partial charge in [0.2, 0.25) is 5.91 Å². The monoisotopic (exact) mass is 316 g/mol. The molecule has 2 N–H and O–H groups in total. The summed E-state index contributed by atoms with van der Waals surface area (Å²) in [6.45, 7) is 2.20. The van der Waals surface area contributed by atoms with Crippen molar-refractivity contribution >= 4 is 17.6 Å². The molecule has 0 aromatic heterocycles. The molecule has 0 heterocycles. The molecule has 5 nitrogen and oxygen atoms in total. The molecule has 0 fully saturated rings. The highest BCUT2D eigenvalue weighted by Gasteiger charge is 2.24. The highest BCUT2D eigenvalue weighted by molar-refractivity contribution is 5.85. The maximum absolute atomic E-state index is 11.9. The maximum Gasteiger partial charge on any atom is 0.325 e. The van der Waals surface area contributed by atoms with Gasteiger partial charge >= 0.3 is 5.97 Å². The van der Waals surface area contributed by atoms with Gasteiger partial charge in [0.25, 0.3) is 0 Å². The number of benzene rings is 1. The van der Waals surface area contributed by atoms with Crippen molar-refractivity contribution in [2.24, 2.45) is 0 Å². The molecule has 0 atom stereocenters.